The topological polar surface area (TPSA) is 58.6 Å². The first-order chi connectivity index (χ1) is 8.34. The van der Waals surface area contributed by atoms with Gasteiger partial charge in [0.1, 0.15) is 5.75 Å². The molecule has 0 aliphatic carbocycles. The molecule has 0 aliphatic heterocycles. The number of amides is 1. The van der Waals surface area contributed by atoms with Crippen molar-refractivity contribution in [2.45, 2.75) is 26.9 Å². The van der Waals surface area contributed by atoms with Crippen LogP contribution < -0.4 is 10.1 Å². The summed E-state index contributed by atoms with van der Waals surface area (Å²) in [7, 11) is 1.58. The molecule has 1 unspecified atom stereocenters. The molecule has 0 heterocycles. The average molecular weight is 251 g/mol. The molecule has 1 amide bonds. The largest absolute Gasteiger partial charge is 0.497 e. The molecule has 0 aromatic heterocycles. The molecule has 0 aliphatic rings. The molecule has 18 heavy (non-hydrogen) atoms. The summed E-state index contributed by atoms with van der Waals surface area (Å²) in [5.41, 5.74) is 0.275. The van der Waals surface area contributed by atoms with Crippen LogP contribution in [0.4, 0.5) is 0 Å². The number of carbonyl (C=O) groups excluding carboxylic acids is 1. The van der Waals surface area contributed by atoms with Gasteiger partial charge < -0.3 is 15.2 Å². The Bertz CT molecular complexity index is 410. The van der Waals surface area contributed by atoms with E-state index in [9.17, 15) is 9.90 Å². The second-order valence-corrected chi connectivity index (χ2v) is 5.25. The van der Waals surface area contributed by atoms with Crippen molar-refractivity contribution >= 4 is 5.91 Å². The van der Waals surface area contributed by atoms with Crippen LogP contribution >= 0.6 is 0 Å². The van der Waals surface area contributed by atoms with E-state index in [1.807, 2.05) is 32.9 Å². The zero-order chi connectivity index (χ0) is 13.8. The van der Waals surface area contributed by atoms with Crippen LogP contribution in [-0.4, -0.2) is 24.7 Å². The van der Waals surface area contributed by atoms with E-state index < -0.39 is 11.5 Å². The summed E-state index contributed by atoms with van der Waals surface area (Å²) in [6.07, 6.45) is -0.730. The number of nitrogens with one attached hydrogen (secondary N) is 1. The van der Waals surface area contributed by atoms with Crippen molar-refractivity contribution in [1.82, 2.24) is 5.32 Å². The Morgan fingerprint density at radius 2 is 2.11 bits per heavy atom. The van der Waals surface area contributed by atoms with E-state index >= 15 is 0 Å². The van der Waals surface area contributed by atoms with E-state index in [1.54, 1.807) is 19.2 Å². The number of hydrogen-bond donors (Lipinski definition) is 2. The van der Waals surface area contributed by atoms with Gasteiger partial charge >= 0.3 is 0 Å². The molecular weight excluding hydrogens is 230 g/mol. The van der Waals surface area contributed by atoms with Gasteiger partial charge in [0.2, 0.25) is 5.91 Å². The highest BCUT2D eigenvalue weighted by Crippen LogP contribution is 2.19. The molecule has 0 fully saturated rings. The number of aliphatic hydroxyl groups excluding tert-OH is 1. The first-order valence-corrected chi connectivity index (χ1v) is 5.95. The first kappa shape index (κ1) is 14.5. The molecule has 0 saturated carbocycles. The fraction of sp³-hybridized carbons (Fsp3) is 0.500. The van der Waals surface area contributed by atoms with Crippen molar-refractivity contribution < 1.29 is 14.6 Å². The second-order valence-electron chi connectivity index (χ2n) is 5.25. The summed E-state index contributed by atoms with van der Waals surface area (Å²) in [5.74, 6) is 0.609. The lowest BCUT2D eigenvalue weighted by Gasteiger charge is -2.19. The lowest BCUT2D eigenvalue weighted by molar-refractivity contribution is -0.128. The fourth-order valence-electron chi connectivity index (χ4n) is 1.42. The monoisotopic (exact) mass is 251 g/mol. The molecule has 0 bridgehead atoms. The van der Waals surface area contributed by atoms with Crippen molar-refractivity contribution in [3.05, 3.63) is 29.8 Å². The number of rotatable bonds is 4. The Balaban J connectivity index is 2.60. The molecule has 1 rings (SSSR count). The molecule has 0 radical (unpaired) electrons. The van der Waals surface area contributed by atoms with Gasteiger partial charge in [-0.05, 0) is 17.7 Å². The minimum atomic E-state index is -0.730. The molecule has 1 aromatic carbocycles. The summed E-state index contributed by atoms with van der Waals surface area (Å²) in [5, 5.41) is 12.7. The quantitative estimate of drug-likeness (QED) is 0.859. The number of methoxy groups -OCH3 is 1. The summed E-state index contributed by atoms with van der Waals surface area (Å²) in [4.78, 5) is 11.7. The van der Waals surface area contributed by atoms with Gasteiger partial charge in [-0.3, -0.25) is 4.79 Å². The third kappa shape index (κ3) is 4.04. The van der Waals surface area contributed by atoms with Crippen LogP contribution in [0.3, 0.4) is 0 Å². The van der Waals surface area contributed by atoms with Crippen LogP contribution in [0.15, 0.2) is 24.3 Å². The maximum Gasteiger partial charge on any atom is 0.225 e. The van der Waals surface area contributed by atoms with Crippen LogP contribution in [-0.2, 0) is 4.79 Å². The Morgan fingerprint density at radius 3 is 2.67 bits per heavy atom. The number of carbonyl (C=O) groups is 1. The highest BCUT2D eigenvalue weighted by Gasteiger charge is 2.21. The average Bonchev–Trinajstić information content (AvgIpc) is 2.34. The first-order valence-electron chi connectivity index (χ1n) is 5.95. The van der Waals surface area contributed by atoms with Gasteiger partial charge in [-0.25, -0.2) is 0 Å². The van der Waals surface area contributed by atoms with Gasteiger partial charge in [0.25, 0.3) is 0 Å². The molecular formula is C14H21NO3. The highest BCUT2D eigenvalue weighted by molar-refractivity contribution is 5.81. The predicted molar refractivity (Wildman–Crippen MR) is 70.4 cm³/mol. The van der Waals surface area contributed by atoms with E-state index in [0.717, 1.165) is 5.56 Å². The van der Waals surface area contributed by atoms with Crippen molar-refractivity contribution in [3.8, 4) is 5.75 Å². The second kappa shape index (κ2) is 5.87. The van der Waals surface area contributed by atoms with E-state index in [-0.39, 0.29) is 12.5 Å². The lowest BCUT2D eigenvalue weighted by Crippen LogP contribution is -2.37. The van der Waals surface area contributed by atoms with E-state index in [1.165, 1.54) is 0 Å². The van der Waals surface area contributed by atoms with E-state index in [2.05, 4.69) is 5.32 Å². The van der Waals surface area contributed by atoms with Gasteiger partial charge in [0.15, 0.2) is 0 Å². The minimum Gasteiger partial charge on any atom is -0.497 e. The summed E-state index contributed by atoms with van der Waals surface area (Å²) < 4.78 is 5.09. The standard InChI is InChI=1S/C14H21NO3/c1-14(2,3)13(17)15-9-12(16)10-6-5-7-11(8-10)18-4/h5-8,12,16H,9H2,1-4H3,(H,15,17). The molecule has 1 aromatic rings. The minimum absolute atomic E-state index is 0.0792. The molecule has 4 heteroatoms. The molecule has 4 nitrogen and oxygen atoms in total. The Kier molecular flexibility index (Phi) is 4.73. The lowest BCUT2D eigenvalue weighted by atomic mass is 9.95. The van der Waals surface area contributed by atoms with Crippen molar-refractivity contribution in [2.24, 2.45) is 5.41 Å². The number of hydrogen-bond acceptors (Lipinski definition) is 3. The number of aliphatic hydroxyl groups is 1. The summed E-state index contributed by atoms with van der Waals surface area (Å²) in [6, 6.07) is 7.18. The van der Waals surface area contributed by atoms with Crippen molar-refractivity contribution in [3.63, 3.8) is 0 Å². The van der Waals surface area contributed by atoms with Gasteiger partial charge in [-0.2, -0.15) is 0 Å². The Morgan fingerprint density at radius 1 is 1.44 bits per heavy atom. The van der Waals surface area contributed by atoms with Crippen molar-refractivity contribution in [1.29, 1.82) is 0 Å². The third-order valence-corrected chi connectivity index (χ3v) is 2.62. The Labute approximate surface area is 108 Å². The molecule has 0 saturated heterocycles. The van der Waals surface area contributed by atoms with Crippen LogP contribution in [0.25, 0.3) is 0 Å². The zero-order valence-electron chi connectivity index (χ0n) is 11.4. The van der Waals surface area contributed by atoms with Gasteiger partial charge in [-0.1, -0.05) is 32.9 Å². The SMILES string of the molecule is COc1cccc(C(O)CNC(=O)C(C)(C)C)c1. The number of benzene rings is 1. The molecule has 1 atom stereocenters. The van der Waals surface area contributed by atoms with Gasteiger partial charge in [-0.15, -0.1) is 0 Å². The molecule has 2 N–H and O–H groups in total. The van der Waals surface area contributed by atoms with Crippen LogP contribution in [0.2, 0.25) is 0 Å². The van der Waals surface area contributed by atoms with E-state index in [4.69, 9.17) is 4.74 Å². The summed E-state index contributed by atoms with van der Waals surface area (Å²) >= 11 is 0. The van der Waals surface area contributed by atoms with Crippen molar-refractivity contribution in [2.75, 3.05) is 13.7 Å². The summed E-state index contributed by atoms with van der Waals surface area (Å²) in [6.45, 7) is 5.70. The maximum absolute atomic E-state index is 11.7. The maximum atomic E-state index is 11.7. The van der Waals surface area contributed by atoms with Crippen LogP contribution in [0.5, 0.6) is 5.75 Å². The Hall–Kier alpha value is -1.55. The predicted octanol–water partition coefficient (Wildman–Crippen LogP) is 1.89. The normalized spacial score (nSPS) is 12.9. The third-order valence-electron chi connectivity index (χ3n) is 2.62. The van der Waals surface area contributed by atoms with Gasteiger partial charge in [0, 0.05) is 12.0 Å². The van der Waals surface area contributed by atoms with Crippen LogP contribution in [0.1, 0.15) is 32.4 Å². The zero-order valence-corrected chi connectivity index (χ0v) is 11.4. The smallest absolute Gasteiger partial charge is 0.225 e. The van der Waals surface area contributed by atoms with E-state index in [0.29, 0.717) is 5.75 Å². The van der Waals surface area contributed by atoms with Crippen LogP contribution in [0, 0.1) is 5.41 Å². The fourth-order valence-corrected chi connectivity index (χ4v) is 1.42. The molecule has 0 spiro atoms. The highest BCUT2D eigenvalue weighted by atomic mass is 16.5. The molecule has 100 valence electrons. The number of ether oxygens (including phenoxy) is 1. The van der Waals surface area contributed by atoms with Gasteiger partial charge in [0.05, 0.1) is 13.2 Å².